The van der Waals surface area contributed by atoms with Crippen molar-refractivity contribution >= 4 is 40.6 Å². The summed E-state index contributed by atoms with van der Waals surface area (Å²) in [4.78, 5) is 34.7. The maximum absolute atomic E-state index is 11.8. The molecule has 4 rings (SSSR count). The van der Waals surface area contributed by atoms with Crippen molar-refractivity contribution in [3.63, 3.8) is 0 Å². The molecule has 0 unspecified atom stereocenters. The largest absolute Gasteiger partial charge is 0.326 e. The van der Waals surface area contributed by atoms with Crippen LogP contribution in [0.1, 0.15) is 68.4 Å². The van der Waals surface area contributed by atoms with E-state index in [-0.39, 0.29) is 28.4 Å². The van der Waals surface area contributed by atoms with Crippen molar-refractivity contribution in [2.45, 2.75) is 57.8 Å². The Morgan fingerprint density at radius 2 is 1.42 bits per heavy atom. The predicted molar refractivity (Wildman–Crippen MR) is 125 cm³/mol. The van der Waals surface area contributed by atoms with Crippen LogP contribution in [0.4, 0.5) is 11.4 Å². The minimum absolute atomic E-state index is 0.0207. The van der Waals surface area contributed by atoms with E-state index in [0.717, 1.165) is 16.9 Å². The fourth-order valence-corrected chi connectivity index (χ4v) is 4.35. The highest BCUT2D eigenvalue weighted by Gasteiger charge is 2.32. The number of para-hydroxylation sites is 1. The molecule has 2 aliphatic rings. The topological polar surface area (TPSA) is 75.3 Å². The van der Waals surface area contributed by atoms with Gasteiger partial charge in [-0.2, -0.15) is 0 Å². The number of ketones is 1. The van der Waals surface area contributed by atoms with E-state index >= 15 is 0 Å². The van der Waals surface area contributed by atoms with Crippen LogP contribution in [0.15, 0.2) is 42.5 Å². The van der Waals surface area contributed by atoms with Crippen molar-refractivity contribution in [2.24, 2.45) is 0 Å². The summed E-state index contributed by atoms with van der Waals surface area (Å²) in [6.45, 7) is 8.23. The fraction of sp³-hybridized carbons (Fsp3) is 0.400. The number of nitrogens with one attached hydrogen (secondary N) is 2. The summed E-state index contributed by atoms with van der Waals surface area (Å²) in [5, 5.41) is 5.71. The standard InChI is InChI=1S/C14H16ClNO2.C11H13NO/c1-14(2)8-13(18)16-11-4-3-9(7-10(11)14)12(17)5-6-15;1-11(2)7-10(13)12-9-6-4-3-5-8(9)11/h3-4,7H,5-6,8H2,1-2H3,(H,16,18);3-6H,7H2,1-2H3,(H,12,13). The van der Waals surface area contributed by atoms with Crippen molar-refractivity contribution in [1.29, 1.82) is 0 Å². The number of halogens is 1. The van der Waals surface area contributed by atoms with Gasteiger partial charge in [-0.05, 0) is 35.4 Å². The van der Waals surface area contributed by atoms with Crippen molar-refractivity contribution in [3.8, 4) is 0 Å². The molecule has 0 saturated carbocycles. The Kier molecular flexibility index (Phi) is 6.56. The average Bonchev–Trinajstić information content (AvgIpc) is 2.67. The number of fused-ring (bicyclic) bond motifs is 2. The summed E-state index contributed by atoms with van der Waals surface area (Å²) in [5.74, 6) is 0.507. The quantitative estimate of drug-likeness (QED) is 0.494. The summed E-state index contributed by atoms with van der Waals surface area (Å²) >= 11 is 5.59. The predicted octanol–water partition coefficient (Wildman–Crippen LogP) is 5.42. The van der Waals surface area contributed by atoms with Crippen LogP contribution >= 0.6 is 11.6 Å². The lowest BCUT2D eigenvalue weighted by molar-refractivity contribution is -0.118. The van der Waals surface area contributed by atoms with E-state index in [1.165, 1.54) is 5.56 Å². The van der Waals surface area contributed by atoms with Crippen LogP contribution in [-0.4, -0.2) is 23.5 Å². The van der Waals surface area contributed by atoms with Gasteiger partial charge in [-0.1, -0.05) is 45.9 Å². The second-order valence-electron chi connectivity index (χ2n) is 9.39. The van der Waals surface area contributed by atoms with E-state index in [1.54, 1.807) is 12.1 Å². The Bertz CT molecular complexity index is 1030. The number of hydrogen-bond acceptors (Lipinski definition) is 3. The smallest absolute Gasteiger partial charge is 0.225 e. The summed E-state index contributed by atoms with van der Waals surface area (Å²) < 4.78 is 0. The number of anilines is 2. The van der Waals surface area contributed by atoms with Crippen molar-refractivity contribution < 1.29 is 14.4 Å². The van der Waals surface area contributed by atoms with Crippen LogP contribution in [0.3, 0.4) is 0 Å². The van der Waals surface area contributed by atoms with Crippen molar-refractivity contribution in [3.05, 3.63) is 59.2 Å². The van der Waals surface area contributed by atoms with Gasteiger partial charge in [0.2, 0.25) is 11.8 Å². The first-order chi connectivity index (χ1) is 14.5. The minimum Gasteiger partial charge on any atom is -0.326 e. The Morgan fingerprint density at radius 3 is 2.03 bits per heavy atom. The molecule has 2 amide bonds. The Balaban J connectivity index is 0.000000185. The molecule has 0 atom stereocenters. The number of benzene rings is 2. The average molecular weight is 441 g/mol. The molecule has 6 heteroatoms. The zero-order valence-electron chi connectivity index (χ0n) is 18.5. The van der Waals surface area contributed by atoms with Gasteiger partial charge >= 0.3 is 0 Å². The Hall–Kier alpha value is -2.66. The normalized spacial score (nSPS) is 17.8. The van der Waals surface area contributed by atoms with Gasteiger partial charge in [-0.25, -0.2) is 0 Å². The number of carbonyl (C=O) groups is 3. The van der Waals surface area contributed by atoms with Crippen LogP contribution in [0, 0.1) is 0 Å². The van der Waals surface area contributed by atoms with Crippen molar-refractivity contribution in [1.82, 2.24) is 0 Å². The van der Waals surface area contributed by atoms with Crippen LogP contribution in [0.25, 0.3) is 0 Å². The lowest BCUT2D eigenvalue weighted by Gasteiger charge is -2.32. The molecule has 0 bridgehead atoms. The van der Waals surface area contributed by atoms with Gasteiger partial charge in [0.25, 0.3) is 0 Å². The van der Waals surface area contributed by atoms with E-state index in [1.807, 2.05) is 38.1 Å². The third-order valence-electron chi connectivity index (χ3n) is 5.80. The molecule has 0 aromatic heterocycles. The van der Waals surface area contributed by atoms with E-state index in [4.69, 9.17) is 11.6 Å². The molecule has 31 heavy (non-hydrogen) atoms. The number of alkyl halides is 1. The molecule has 2 aliphatic heterocycles. The van der Waals surface area contributed by atoms with Gasteiger partial charge in [0, 0.05) is 52.9 Å². The van der Waals surface area contributed by atoms with E-state index < -0.39 is 0 Å². The van der Waals surface area contributed by atoms with Crippen molar-refractivity contribution in [2.75, 3.05) is 16.5 Å². The summed E-state index contributed by atoms with van der Waals surface area (Å²) in [7, 11) is 0. The number of Topliss-reactive ketones (excluding diaryl/α,β-unsaturated/α-hetero) is 1. The third kappa shape index (κ3) is 5.16. The van der Waals surface area contributed by atoms with E-state index in [2.05, 4.69) is 30.5 Å². The molecule has 0 radical (unpaired) electrons. The fourth-order valence-electron chi connectivity index (χ4n) is 4.18. The maximum Gasteiger partial charge on any atom is 0.225 e. The molecule has 5 nitrogen and oxygen atoms in total. The van der Waals surface area contributed by atoms with Crippen LogP contribution in [0.2, 0.25) is 0 Å². The first-order valence-corrected chi connectivity index (χ1v) is 11.0. The molecule has 2 heterocycles. The zero-order valence-corrected chi connectivity index (χ0v) is 19.2. The number of rotatable bonds is 3. The number of amides is 2. The molecular formula is C25H29ClN2O3. The molecule has 2 aromatic rings. The molecule has 0 fully saturated rings. The maximum atomic E-state index is 11.8. The highest BCUT2D eigenvalue weighted by Crippen LogP contribution is 2.38. The molecule has 2 aromatic carbocycles. The molecule has 0 spiro atoms. The lowest BCUT2D eigenvalue weighted by Crippen LogP contribution is -2.32. The van der Waals surface area contributed by atoms with Gasteiger partial charge in [0.05, 0.1) is 0 Å². The number of carbonyl (C=O) groups excluding carboxylic acids is 3. The van der Waals surface area contributed by atoms with E-state index in [9.17, 15) is 14.4 Å². The molecule has 164 valence electrons. The van der Waals surface area contributed by atoms with E-state index in [0.29, 0.717) is 30.7 Å². The van der Waals surface area contributed by atoms with Gasteiger partial charge < -0.3 is 10.6 Å². The molecular weight excluding hydrogens is 412 g/mol. The summed E-state index contributed by atoms with van der Waals surface area (Å²) in [6.07, 6.45) is 1.35. The number of hydrogen-bond donors (Lipinski definition) is 2. The SMILES string of the molecule is CC1(C)CC(=O)Nc2ccc(C(=O)CCCl)cc21.CC1(C)CC(=O)Nc2ccccc21. The second-order valence-corrected chi connectivity index (χ2v) is 9.76. The first kappa shape index (κ1) is 23.0. The molecule has 0 aliphatic carbocycles. The summed E-state index contributed by atoms with van der Waals surface area (Å²) in [5.41, 5.74) is 4.41. The Labute approximate surface area is 188 Å². The second kappa shape index (κ2) is 8.83. The van der Waals surface area contributed by atoms with Gasteiger partial charge in [0.15, 0.2) is 5.78 Å². The van der Waals surface area contributed by atoms with Crippen LogP contribution in [0.5, 0.6) is 0 Å². The highest BCUT2D eigenvalue weighted by molar-refractivity contribution is 6.19. The lowest BCUT2D eigenvalue weighted by atomic mass is 9.77. The highest BCUT2D eigenvalue weighted by atomic mass is 35.5. The van der Waals surface area contributed by atoms with Crippen LogP contribution < -0.4 is 10.6 Å². The first-order valence-electron chi connectivity index (χ1n) is 10.5. The van der Waals surface area contributed by atoms with Crippen LogP contribution in [-0.2, 0) is 20.4 Å². The monoisotopic (exact) mass is 440 g/mol. The van der Waals surface area contributed by atoms with Gasteiger partial charge in [-0.15, -0.1) is 11.6 Å². The Morgan fingerprint density at radius 1 is 0.871 bits per heavy atom. The summed E-state index contributed by atoms with van der Waals surface area (Å²) in [6, 6.07) is 13.4. The molecule has 2 N–H and O–H groups in total. The minimum atomic E-state index is -0.241. The molecule has 0 saturated heterocycles. The third-order valence-corrected chi connectivity index (χ3v) is 5.99. The zero-order chi connectivity index (χ0) is 22.8. The van der Waals surface area contributed by atoms with Gasteiger partial charge in [0.1, 0.15) is 0 Å². The van der Waals surface area contributed by atoms with Gasteiger partial charge in [-0.3, -0.25) is 14.4 Å².